The van der Waals surface area contributed by atoms with Gasteiger partial charge in [0.1, 0.15) is 18.1 Å². The van der Waals surface area contributed by atoms with Gasteiger partial charge in [0.25, 0.3) is 0 Å². The minimum Gasteiger partial charge on any atom is -0.497 e. The minimum atomic E-state index is -0.356. The molecule has 7 heteroatoms. The SMILES string of the molecule is COc1ccc(OCCNC(=O)[C@@H]2CC(=O)N(c3ccccc3Br)C2)cc1. The van der Waals surface area contributed by atoms with Crippen molar-refractivity contribution in [3.63, 3.8) is 0 Å². The number of benzene rings is 2. The Labute approximate surface area is 166 Å². The summed E-state index contributed by atoms with van der Waals surface area (Å²) in [6.07, 6.45) is 0.215. The molecule has 0 aliphatic carbocycles. The Bertz CT molecular complexity index is 810. The summed E-state index contributed by atoms with van der Waals surface area (Å²) in [5.74, 6) is 0.940. The van der Waals surface area contributed by atoms with Gasteiger partial charge in [0.2, 0.25) is 11.8 Å². The highest BCUT2D eigenvalue weighted by Gasteiger charge is 2.35. The van der Waals surface area contributed by atoms with Crippen LogP contribution in [0.2, 0.25) is 0 Å². The molecule has 142 valence electrons. The van der Waals surface area contributed by atoms with Gasteiger partial charge < -0.3 is 19.7 Å². The number of hydrogen-bond donors (Lipinski definition) is 1. The third-order valence-corrected chi connectivity index (χ3v) is 5.04. The van der Waals surface area contributed by atoms with Gasteiger partial charge in [0.15, 0.2) is 0 Å². The van der Waals surface area contributed by atoms with Crippen molar-refractivity contribution in [1.29, 1.82) is 0 Å². The fourth-order valence-electron chi connectivity index (χ4n) is 2.95. The van der Waals surface area contributed by atoms with E-state index in [1.54, 1.807) is 12.0 Å². The van der Waals surface area contributed by atoms with Crippen molar-refractivity contribution in [3.8, 4) is 11.5 Å². The Morgan fingerprint density at radius 1 is 1.19 bits per heavy atom. The molecule has 1 atom stereocenters. The first-order valence-electron chi connectivity index (χ1n) is 8.68. The van der Waals surface area contributed by atoms with Crippen LogP contribution in [0.3, 0.4) is 0 Å². The lowest BCUT2D eigenvalue weighted by atomic mass is 10.1. The maximum absolute atomic E-state index is 12.4. The summed E-state index contributed by atoms with van der Waals surface area (Å²) in [5, 5.41) is 2.85. The van der Waals surface area contributed by atoms with Gasteiger partial charge in [-0.3, -0.25) is 9.59 Å². The van der Waals surface area contributed by atoms with Gasteiger partial charge in [-0.1, -0.05) is 12.1 Å². The zero-order valence-electron chi connectivity index (χ0n) is 15.0. The molecule has 6 nitrogen and oxygen atoms in total. The molecular formula is C20H21BrN2O4. The van der Waals surface area contributed by atoms with E-state index < -0.39 is 0 Å². The van der Waals surface area contributed by atoms with Gasteiger partial charge in [0.05, 0.1) is 25.3 Å². The number of carbonyl (C=O) groups is 2. The van der Waals surface area contributed by atoms with E-state index in [4.69, 9.17) is 9.47 Å². The molecule has 1 aliphatic rings. The van der Waals surface area contributed by atoms with Gasteiger partial charge in [-0.15, -0.1) is 0 Å². The molecule has 1 N–H and O–H groups in total. The molecule has 2 aromatic rings. The first kappa shape index (κ1) is 19.2. The van der Waals surface area contributed by atoms with Gasteiger partial charge in [-0.25, -0.2) is 0 Å². The van der Waals surface area contributed by atoms with Crippen LogP contribution in [-0.2, 0) is 9.59 Å². The number of para-hydroxylation sites is 1. The van der Waals surface area contributed by atoms with E-state index in [2.05, 4.69) is 21.2 Å². The molecule has 1 heterocycles. The Balaban J connectivity index is 1.46. The lowest BCUT2D eigenvalue weighted by molar-refractivity contribution is -0.126. The summed E-state index contributed by atoms with van der Waals surface area (Å²) in [7, 11) is 1.61. The second kappa shape index (κ2) is 8.90. The van der Waals surface area contributed by atoms with E-state index in [0.717, 1.165) is 15.9 Å². The summed E-state index contributed by atoms with van der Waals surface area (Å²) in [6.45, 7) is 1.11. The molecule has 0 bridgehead atoms. The monoisotopic (exact) mass is 432 g/mol. The maximum atomic E-state index is 12.4. The molecular weight excluding hydrogens is 412 g/mol. The van der Waals surface area contributed by atoms with Crippen molar-refractivity contribution in [1.82, 2.24) is 5.32 Å². The highest BCUT2D eigenvalue weighted by atomic mass is 79.9. The Kier molecular flexibility index (Phi) is 6.34. The van der Waals surface area contributed by atoms with Crippen LogP contribution in [0.25, 0.3) is 0 Å². The fourth-order valence-corrected chi connectivity index (χ4v) is 3.44. The van der Waals surface area contributed by atoms with E-state index in [9.17, 15) is 9.59 Å². The van der Waals surface area contributed by atoms with Gasteiger partial charge >= 0.3 is 0 Å². The number of carbonyl (C=O) groups excluding carboxylic acids is 2. The first-order valence-corrected chi connectivity index (χ1v) is 9.47. The second-order valence-corrected chi connectivity index (χ2v) is 7.03. The fraction of sp³-hybridized carbons (Fsp3) is 0.300. The summed E-state index contributed by atoms with van der Waals surface area (Å²) in [4.78, 5) is 26.3. The molecule has 27 heavy (non-hydrogen) atoms. The molecule has 2 amide bonds. The minimum absolute atomic E-state index is 0.0449. The van der Waals surface area contributed by atoms with Crippen molar-refractivity contribution in [3.05, 3.63) is 53.0 Å². The highest BCUT2D eigenvalue weighted by molar-refractivity contribution is 9.10. The van der Waals surface area contributed by atoms with E-state index in [-0.39, 0.29) is 24.2 Å². The number of amides is 2. The first-order chi connectivity index (χ1) is 13.1. The van der Waals surface area contributed by atoms with E-state index >= 15 is 0 Å². The summed E-state index contributed by atoms with van der Waals surface area (Å²) in [5.41, 5.74) is 0.792. The predicted molar refractivity (Wildman–Crippen MR) is 106 cm³/mol. The van der Waals surface area contributed by atoms with Crippen LogP contribution >= 0.6 is 15.9 Å². The molecule has 1 fully saturated rings. The van der Waals surface area contributed by atoms with E-state index in [1.807, 2.05) is 48.5 Å². The van der Waals surface area contributed by atoms with Crippen LogP contribution in [0.4, 0.5) is 5.69 Å². The highest BCUT2D eigenvalue weighted by Crippen LogP contribution is 2.31. The van der Waals surface area contributed by atoms with Crippen molar-refractivity contribution in [2.75, 3.05) is 31.7 Å². The van der Waals surface area contributed by atoms with Crippen molar-refractivity contribution in [2.24, 2.45) is 5.92 Å². The molecule has 0 saturated carbocycles. The van der Waals surface area contributed by atoms with E-state index in [1.165, 1.54) is 0 Å². The average Bonchev–Trinajstić information content (AvgIpc) is 3.07. The largest absolute Gasteiger partial charge is 0.497 e. The quantitative estimate of drug-likeness (QED) is 0.682. The topological polar surface area (TPSA) is 67.9 Å². The number of halogens is 1. The van der Waals surface area contributed by atoms with Gasteiger partial charge in [-0.05, 0) is 52.3 Å². The Morgan fingerprint density at radius 2 is 1.89 bits per heavy atom. The van der Waals surface area contributed by atoms with Gasteiger partial charge in [-0.2, -0.15) is 0 Å². The number of hydrogen-bond acceptors (Lipinski definition) is 4. The molecule has 0 aromatic heterocycles. The number of nitrogens with one attached hydrogen (secondary N) is 1. The van der Waals surface area contributed by atoms with Gasteiger partial charge in [0, 0.05) is 17.4 Å². The second-order valence-electron chi connectivity index (χ2n) is 6.17. The van der Waals surface area contributed by atoms with Crippen LogP contribution in [0.5, 0.6) is 11.5 Å². The molecule has 3 rings (SSSR count). The van der Waals surface area contributed by atoms with Crippen LogP contribution in [-0.4, -0.2) is 38.6 Å². The Hall–Kier alpha value is -2.54. The van der Waals surface area contributed by atoms with Crippen LogP contribution in [0.1, 0.15) is 6.42 Å². The smallest absolute Gasteiger partial charge is 0.227 e. The third kappa shape index (κ3) is 4.80. The average molecular weight is 433 g/mol. The maximum Gasteiger partial charge on any atom is 0.227 e. The zero-order chi connectivity index (χ0) is 19.2. The Morgan fingerprint density at radius 3 is 2.59 bits per heavy atom. The molecule has 1 aliphatic heterocycles. The number of rotatable bonds is 7. The predicted octanol–water partition coefficient (Wildman–Crippen LogP) is 3.01. The van der Waals surface area contributed by atoms with Crippen LogP contribution in [0, 0.1) is 5.92 Å². The zero-order valence-corrected chi connectivity index (χ0v) is 16.6. The molecule has 0 radical (unpaired) electrons. The number of methoxy groups -OCH3 is 1. The van der Waals surface area contributed by atoms with E-state index in [0.29, 0.717) is 25.4 Å². The lowest BCUT2D eigenvalue weighted by Crippen LogP contribution is -2.35. The van der Waals surface area contributed by atoms with Crippen LogP contribution in [0.15, 0.2) is 53.0 Å². The lowest BCUT2D eigenvalue weighted by Gasteiger charge is -2.18. The third-order valence-electron chi connectivity index (χ3n) is 4.37. The van der Waals surface area contributed by atoms with Crippen molar-refractivity contribution < 1.29 is 19.1 Å². The summed E-state index contributed by atoms with van der Waals surface area (Å²) >= 11 is 3.45. The molecule has 0 spiro atoms. The number of anilines is 1. The summed E-state index contributed by atoms with van der Waals surface area (Å²) < 4.78 is 11.5. The van der Waals surface area contributed by atoms with Crippen LogP contribution < -0.4 is 19.7 Å². The molecule has 2 aromatic carbocycles. The summed E-state index contributed by atoms with van der Waals surface area (Å²) in [6, 6.07) is 14.8. The molecule has 0 unspecified atom stereocenters. The van der Waals surface area contributed by atoms with Crippen molar-refractivity contribution in [2.45, 2.75) is 6.42 Å². The van der Waals surface area contributed by atoms with Crippen molar-refractivity contribution >= 4 is 33.4 Å². The molecule has 1 saturated heterocycles. The standard InChI is InChI=1S/C20H21BrN2O4/c1-26-15-6-8-16(9-7-15)27-11-10-22-20(25)14-12-19(24)23(13-14)18-5-3-2-4-17(18)21/h2-9,14H,10-13H2,1H3,(H,22,25)/t14-/m1/s1. The number of nitrogens with zero attached hydrogens (tertiary/aromatic N) is 1. The normalized spacial score (nSPS) is 16.3. The number of ether oxygens (including phenoxy) is 2.